The van der Waals surface area contributed by atoms with E-state index in [1.807, 2.05) is 0 Å². The number of hydrogen-bond donors (Lipinski definition) is 2. The second-order valence-corrected chi connectivity index (χ2v) is 3.64. The molecule has 18 heavy (non-hydrogen) atoms. The van der Waals surface area contributed by atoms with Gasteiger partial charge in [0.2, 0.25) is 11.7 Å². The highest BCUT2D eigenvalue weighted by molar-refractivity contribution is 5.89. The summed E-state index contributed by atoms with van der Waals surface area (Å²) in [6.45, 7) is 1.42. The first kappa shape index (κ1) is 11.8. The second-order valence-electron chi connectivity index (χ2n) is 3.64. The number of amides is 1. The molecule has 0 fully saturated rings. The predicted molar refractivity (Wildman–Crippen MR) is 63.2 cm³/mol. The zero-order valence-electron chi connectivity index (χ0n) is 9.51. The predicted octanol–water partition coefficient (Wildman–Crippen LogP) is 2.00. The van der Waals surface area contributed by atoms with Crippen molar-refractivity contribution in [3.63, 3.8) is 0 Å². The van der Waals surface area contributed by atoms with E-state index in [-0.39, 0.29) is 11.7 Å². The van der Waals surface area contributed by atoms with Gasteiger partial charge in [0.1, 0.15) is 5.69 Å². The van der Waals surface area contributed by atoms with Crippen LogP contribution in [0.25, 0.3) is 11.3 Å². The van der Waals surface area contributed by atoms with E-state index < -0.39 is 5.97 Å². The Kier molecular flexibility index (Phi) is 3.09. The van der Waals surface area contributed by atoms with Crippen molar-refractivity contribution in [1.82, 2.24) is 5.16 Å². The second kappa shape index (κ2) is 4.70. The minimum Gasteiger partial charge on any atom is -0.475 e. The van der Waals surface area contributed by atoms with Gasteiger partial charge in [-0.1, -0.05) is 17.3 Å². The Morgan fingerprint density at radius 1 is 1.28 bits per heavy atom. The minimum absolute atomic E-state index is 0.155. The van der Waals surface area contributed by atoms with Crippen LogP contribution in [-0.4, -0.2) is 22.1 Å². The number of benzene rings is 1. The summed E-state index contributed by atoms with van der Waals surface area (Å²) in [5.74, 6) is -1.53. The fraction of sp³-hybridized carbons (Fsp3) is 0.0833. The lowest BCUT2D eigenvalue weighted by atomic mass is 10.1. The number of hydrogen-bond acceptors (Lipinski definition) is 4. The molecule has 1 aromatic heterocycles. The van der Waals surface area contributed by atoms with Crippen LogP contribution in [0.2, 0.25) is 0 Å². The SMILES string of the molecule is CC(=O)Nc1ccc(-c2cc(C(=O)O)on2)cc1. The normalized spacial score (nSPS) is 10.1. The van der Waals surface area contributed by atoms with Crippen LogP contribution < -0.4 is 5.32 Å². The summed E-state index contributed by atoms with van der Waals surface area (Å²) >= 11 is 0. The Balaban J connectivity index is 2.22. The van der Waals surface area contributed by atoms with Gasteiger partial charge in [0.05, 0.1) is 0 Å². The lowest BCUT2D eigenvalue weighted by Crippen LogP contribution is -2.05. The van der Waals surface area contributed by atoms with E-state index in [4.69, 9.17) is 5.11 Å². The molecule has 0 unspecified atom stereocenters. The van der Waals surface area contributed by atoms with Gasteiger partial charge in [0, 0.05) is 24.2 Å². The first-order chi connectivity index (χ1) is 8.56. The largest absolute Gasteiger partial charge is 0.475 e. The molecular weight excluding hydrogens is 236 g/mol. The maximum absolute atomic E-state index is 10.8. The molecule has 92 valence electrons. The lowest BCUT2D eigenvalue weighted by molar-refractivity contribution is -0.114. The number of carbonyl (C=O) groups is 2. The van der Waals surface area contributed by atoms with Crippen LogP contribution in [-0.2, 0) is 4.79 Å². The summed E-state index contributed by atoms with van der Waals surface area (Å²) in [6.07, 6.45) is 0. The van der Waals surface area contributed by atoms with E-state index in [2.05, 4.69) is 15.0 Å². The number of anilines is 1. The Morgan fingerprint density at radius 3 is 2.44 bits per heavy atom. The van der Waals surface area contributed by atoms with Gasteiger partial charge in [-0.25, -0.2) is 4.79 Å². The molecule has 0 atom stereocenters. The summed E-state index contributed by atoms with van der Waals surface area (Å²) in [4.78, 5) is 21.5. The molecule has 2 N–H and O–H groups in total. The molecule has 2 rings (SSSR count). The molecule has 0 saturated carbocycles. The molecule has 0 aliphatic carbocycles. The van der Waals surface area contributed by atoms with E-state index in [0.717, 1.165) is 0 Å². The maximum Gasteiger partial charge on any atom is 0.374 e. The number of nitrogens with zero attached hydrogens (tertiary/aromatic N) is 1. The number of aromatic nitrogens is 1. The highest BCUT2D eigenvalue weighted by atomic mass is 16.5. The van der Waals surface area contributed by atoms with Gasteiger partial charge in [0.15, 0.2) is 0 Å². The van der Waals surface area contributed by atoms with Crippen molar-refractivity contribution in [2.45, 2.75) is 6.92 Å². The summed E-state index contributed by atoms with van der Waals surface area (Å²) in [7, 11) is 0. The number of carbonyl (C=O) groups excluding carboxylic acids is 1. The molecule has 1 aromatic carbocycles. The van der Waals surface area contributed by atoms with E-state index in [9.17, 15) is 9.59 Å². The van der Waals surface area contributed by atoms with Crippen LogP contribution in [0.1, 0.15) is 17.5 Å². The molecule has 0 saturated heterocycles. The van der Waals surface area contributed by atoms with Crippen LogP contribution >= 0.6 is 0 Å². The monoisotopic (exact) mass is 246 g/mol. The van der Waals surface area contributed by atoms with Gasteiger partial charge in [0.25, 0.3) is 0 Å². The van der Waals surface area contributed by atoms with Gasteiger partial charge >= 0.3 is 5.97 Å². The van der Waals surface area contributed by atoms with Crippen LogP contribution in [0.5, 0.6) is 0 Å². The third-order valence-corrected chi connectivity index (χ3v) is 2.22. The summed E-state index contributed by atoms with van der Waals surface area (Å²) in [5, 5.41) is 15.0. The third-order valence-electron chi connectivity index (χ3n) is 2.22. The molecule has 0 radical (unpaired) electrons. The minimum atomic E-state index is -1.16. The number of rotatable bonds is 3. The Labute approximate surface area is 102 Å². The van der Waals surface area contributed by atoms with Crippen molar-refractivity contribution >= 4 is 17.6 Å². The van der Waals surface area contributed by atoms with Crippen molar-refractivity contribution in [3.8, 4) is 11.3 Å². The van der Waals surface area contributed by atoms with Crippen molar-refractivity contribution in [2.24, 2.45) is 0 Å². The standard InChI is InChI=1S/C12H10N2O4/c1-7(15)13-9-4-2-8(3-5-9)10-6-11(12(16)17)18-14-10/h2-6H,1H3,(H,13,15)(H,16,17). The number of nitrogens with one attached hydrogen (secondary N) is 1. The molecule has 0 aliphatic rings. The zero-order valence-corrected chi connectivity index (χ0v) is 9.51. The Bertz CT molecular complexity index is 586. The van der Waals surface area contributed by atoms with Crippen LogP contribution in [0.15, 0.2) is 34.9 Å². The Morgan fingerprint density at radius 2 is 1.94 bits per heavy atom. The average molecular weight is 246 g/mol. The first-order valence-corrected chi connectivity index (χ1v) is 5.14. The molecule has 0 bridgehead atoms. The Hall–Kier alpha value is -2.63. The topological polar surface area (TPSA) is 92.4 Å². The average Bonchev–Trinajstić information content (AvgIpc) is 2.78. The molecule has 0 spiro atoms. The fourth-order valence-corrected chi connectivity index (χ4v) is 1.44. The molecule has 6 nitrogen and oxygen atoms in total. The number of carboxylic acid groups (broad SMARTS) is 1. The molecule has 1 amide bonds. The van der Waals surface area contributed by atoms with Gasteiger partial charge in [-0.05, 0) is 12.1 Å². The highest BCUT2D eigenvalue weighted by Crippen LogP contribution is 2.21. The smallest absolute Gasteiger partial charge is 0.374 e. The van der Waals surface area contributed by atoms with Gasteiger partial charge in [-0.3, -0.25) is 4.79 Å². The third kappa shape index (κ3) is 2.54. The fourth-order valence-electron chi connectivity index (χ4n) is 1.44. The molecule has 6 heteroatoms. The molecule has 2 aromatic rings. The van der Waals surface area contributed by atoms with Crippen molar-refractivity contribution < 1.29 is 19.2 Å². The van der Waals surface area contributed by atoms with Gasteiger partial charge in [-0.15, -0.1) is 0 Å². The van der Waals surface area contributed by atoms with Crippen LogP contribution in [0.3, 0.4) is 0 Å². The van der Waals surface area contributed by atoms with Crippen molar-refractivity contribution in [1.29, 1.82) is 0 Å². The van der Waals surface area contributed by atoms with Gasteiger partial charge in [-0.2, -0.15) is 0 Å². The first-order valence-electron chi connectivity index (χ1n) is 5.14. The quantitative estimate of drug-likeness (QED) is 0.863. The van der Waals surface area contributed by atoms with Crippen molar-refractivity contribution in [2.75, 3.05) is 5.32 Å². The van der Waals surface area contributed by atoms with E-state index in [0.29, 0.717) is 16.9 Å². The van der Waals surface area contributed by atoms with Crippen LogP contribution in [0.4, 0.5) is 5.69 Å². The van der Waals surface area contributed by atoms with E-state index >= 15 is 0 Å². The summed E-state index contributed by atoms with van der Waals surface area (Å²) in [6, 6.07) is 8.18. The van der Waals surface area contributed by atoms with Crippen LogP contribution in [0, 0.1) is 0 Å². The van der Waals surface area contributed by atoms with E-state index in [1.54, 1.807) is 24.3 Å². The molecular formula is C12H10N2O4. The summed E-state index contributed by atoms with van der Waals surface area (Å²) in [5.41, 5.74) is 1.80. The highest BCUT2D eigenvalue weighted by Gasteiger charge is 2.12. The van der Waals surface area contributed by atoms with Crippen molar-refractivity contribution in [3.05, 3.63) is 36.1 Å². The molecule has 0 aliphatic heterocycles. The van der Waals surface area contributed by atoms with Gasteiger partial charge < -0.3 is 14.9 Å². The maximum atomic E-state index is 10.8. The summed E-state index contributed by atoms with van der Waals surface area (Å²) < 4.78 is 4.66. The number of carboxylic acids is 1. The van der Waals surface area contributed by atoms with E-state index in [1.165, 1.54) is 13.0 Å². The molecule has 1 heterocycles. The zero-order chi connectivity index (χ0) is 13.1. The number of aromatic carboxylic acids is 1. The lowest BCUT2D eigenvalue weighted by Gasteiger charge is -2.01.